The SMILES string of the molecule is N#CC(c1ccccc1)c1ccc(NC(=O)c2ccc(CN3CCCC3=O)cc2)cc1Cl. The van der Waals surface area contributed by atoms with E-state index in [0.717, 1.165) is 24.1 Å². The van der Waals surface area contributed by atoms with Crippen molar-refractivity contribution < 1.29 is 9.59 Å². The number of halogens is 1. The molecule has 1 fully saturated rings. The summed E-state index contributed by atoms with van der Waals surface area (Å²) in [6.07, 6.45) is 1.52. The van der Waals surface area contributed by atoms with E-state index in [-0.39, 0.29) is 11.8 Å². The van der Waals surface area contributed by atoms with Crippen LogP contribution in [0.1, 0.15) is 45.8 Å². The van der Waals surface area contributed by atoms with Crippen LogP contribution in [0.4, 0.5) is 5.69 Å². The molecule has 6 heteroatoms. The van der Waals surface area contributed by atoms with Crippen LogP contribution in [0.15, 0.2) is 72.8 Å². The quantitative estimate of drug-likeness (QED) is 0.556. The van der Waals surface area contributed by atoms with Gasteiger partial charge < -0.3 is 10.2 Å². The first-order valence-corrected chi connectivity index (χ1v) is 10.8. The van der Waals surface area contributed by atoms with Crippen molar-refractivity contribution in [3.63, 3.8) is 0 Å². The van der Waals surface area contributed by atoms with Crippen molar-refractivity contribution in [2.24, 2.45) is 0 Å². The number of likely N-dealkylation sites (tertiary alicyclic amines) is 1. The molecular weight excluding hydrogens is 422 g/mol. The van der Waals surface area contributed by atoms with Crippen molar-refractivity contribution in [3.8, 4) is 6.07 Å². The summed E-state index contributed by atoms with van der Waals surface area (Å²) in [6.45, 7) is 1.36. The Labute approximate surface area is 192 Å². The van der Waals surface area contributed by atoms with Gasteiger partial charge in [-0.15, -0.1) is 0 Å². The lowest BCUT2D eigenvalue weighted by Crippen LogP contribution is -2.23. The molecule has 1 aliphatic heterocycles. The Hall–Kier alpha value is -3.62. The van der Waals surface area contributed by atoms with E-state index in [0.29, 0.717) is 34.8 Å². The lowest BCUT2D eigenvalue weighted by Gasteiger charge is -2.16. The first kappa shape index (κ1) is 21.6. The maximum Gasteiger partial charge on any atom is 0.255 e. The van der Waals surface area contributed by atoms with Crippen molar-refractivity contribution in [3.05, 3.63) is 100 Å². The molecule has 32 heavy (non-hydrogen) atoms. The van der Waals surface area contributed by atoms with Gasteiger partial charge in [0.1, 0.15) is 0 Å². The second-order valence-corrected chi connectivity index (χ2v) is 8.19. The van der Waals surface area contributed by atoms with Crippen LogP contribution in [0, 0.1) is 11.3 Å². The van der Waals surface area contributed by atoms with Gasteiger partial charge in [-0.05, 0) is 47.4 Å². The number of nitrogens with one attached hydrogen (secondary N) is 1. The largest absolute Gasteiger partial charge is 0.338 e. The highest BCUT2D eigenvalue weighted by atomic mass is 35.5. The van der Waals surface area contributed by atoms with E-state index in [4.69, 9.17) is 11.6 Å². The van der Waals surface area contributed by atoms with Gasteiger partial charge in [-0.1, -0.05) is 60.1 Å². The molecule has 160 valence electrons. The third kappa shape index (κ3) is 4.82. The summed E-state index contributed by atoms with van der Waals surface area (Å²) in [5, 5.41) is 12.9. The van der Waals surface area contributed by atoms with Crippen LogP contribution in [0.25, 0.3) is 0 Å². The highest BCUT2D eigenvalue weighted by molar-refractivity contribution is 6.32. The minimum atomic E-state index is -0.483. The van der Waals surface area contributed by atoms with Crippen LogP contribution < -0.4 is 5.32 Å². The first-order chi connectivity index (χ1) is 15.5. The van der Waals surface area contributed by atoms with E-state index >= 15 is 0 Å². The minimum absolute atomic E-state index is 0.179. The Balaban J connectivity index is 1.44. The highest BCUT2D eigenvalue weighted by Gasteiger charge is 2.20. The molecular formula is C26H22ClN3O2. The van der Waals surface area contributed by atoms with Crippen molar-refractivity contribution >= 4 is 29.1 Å². The molecule has 1 unspecified atom stereocenters. The number of amides is 2. The lowest BCUT2D eigenvalue weighted by molar-refractivity contribution is -0.128. The van der Waals surface area contributed by atoms with E-state index in [9.17, 15) is 14.9 Å². The standard InChI is InChI=1S/C26H22ClN3O2/c27-24-15-21(12-13-22(24)23(16-28)19-5-2-1-3-6-19)29-26(32)20-10-8-18(9-11-20)17-30-14-4-7-25(30)31/h1-3,5-6,8-13,15,23H,4,7,14,17H2,(H,29,32). The van der Waals surface area contributed by atoms with Gasteiger partial charge in [-0.3, -0.25) is 9.59 Å². The van der Waals surface area contributed by atoms with Gasteiger partial charge in [0.05, 0.1) is 12.0 Å². The molecule has 0 bridgehead atoms. The first-order valence-electron chi connectivity index (χ1n) is 10.5. The number of nitriles is 1. The van der Waals surface area contributed by atoms with Gasteiger partial charge in [-0.25, -0.2) is 0 Å². The summed E-state index contributed by atoms with van der Waals surface area (Å²) in [5.41, 5.74) is 3.62. The van der Waals surface area contributed by atoms with Crippen molar-refractivity contribution in [1.82, 2.24) is 4.90 Å². The van der Waals surface area contributed by atoms with Crippen molar-refractivity contribution in [1.29, 1.82) is 5.26 Å². The van der Waals surface area contributed by atoms with E-state index < -0.39 is 5.92 Å². The van der Waals surface area contributed by atoms with Gasteiger partial charge in [0.15, 0.2) is 0 Å². The van der Waals surface area contributed by atoms with Crippen molar-refractivity contribution in [2.75, 3.05) is 11.9 Å². The monoisotopic (exact) mass is 443 g/mol. The average Bonchev–Trinajstić information content (AvgIpc) is 3.21. The summed E-state index contributed by atoms with van der Waals surface area (Å²) in [5.74, 6) is -0.556. The molecule has 1 aliphatic rings. The number of anilines is 1. The molecule has 1 heterocycles. The molecule has 0 aliphatic carbocycles. The summed E-state index contributed by atoms with van der Waals surface area (Å²) < 4.78 is 0. The normalized spacial score (nSPS) is 14.1. The van der Waals surface area contributed by atoms with Crippen LogP contribution in [-0.2, 0) is 11.3 Å². The van der Waals surface area contributed by atoms with Gasteiger partial charge in [-0.2, -0.15) is 5.26 Å². The smallest absolute Gasteiger partial charge is 0.255 e. The number of hydrogen-bond donors (Lipinski definition) is 1. The van der Waals surface area contributed by atoms with E-state index in [1.807, 2.05) is 47.4 Å². The molecule has 0 saturated carbocycles. The molecule has 1 saturated heterocycles. The zero-order chi connectivity index (χ0) is 22.5. The fraction of sp³-hybridized carbons (Fsp3) is 0.192. The number of rotatable bonds is 6. The third-order valence-corrected chi connectivity index (χ3v) is 5.92. The van der Waals surface area contributed by atoms with Crippen LogP contribution in [-0.4, -0.2) is 23.3 Å². The molecule has 4 rings (SSSR count). The molecule has 3 aromatic rings. The maximum atomic E-state index is 12.7. The second-order valence-electron chi connectivity index (χ2n) is 7.78. The zero-order valence-electron chi connectivity index (χ0n) is 17.4. The molecule has 0 aromatic heterocycles. The Morgan fingerprint density at radius 1 is 1.09 bits per heavy atom. The Bertz CT molecular complexity index is 1170. The van der Waals surface area contributed by atoms with Crippen molar-refractivity contribution in [2.45, 2.75) is 25.3 Å². The van der Waals surface area contributed by atoms with Crippen LogP contribution in [0.2, 0.25) is 5.02 Å². The lowest BCUT2D eigenvalue weighted by atomic mass is 9.92. The molecule has 2 amide bonds. The predicted octanol–water partition coefficient (Wildman–Crippen LogP) is 5.37. The number of hydrogen-bond acceptors (Lipinski definition) is 3. The third-order valence-electron chi connectivity index (χ3n) is 5.59. The number of benzene rings is 3. The number of nitrogens with zero attached hydrogens (tertiary/aromatic N) is 2. The number of carbonyl (C=O) groups is 2. The predicted molar refractivity (Wildman–Crippen MR) is 124 cm³/mol. The molecule has 1 N–H and O–H groups in total. The number of carbonyl (C=O) groups excluding carboxylic acids is 2. The van der Waals surface area contributed by atoms with Gasteiger partial charge in [0, 0.05) is 35.8 Å². The molecule has 0 spiro atoms. The van der Waals surface area contributed by atoms with Crippen LogP contribution in [0.3, 0.4) is 0 Å². The minimum Gasteiger partial charge on any atom is -0.338 e. The van der Waals surface area contributed by atoms with Gasteiger partial charge in [0.25, 0.3) is 5.91 Å². The average molecular weight is 444 g/mol. The fourth-order valence-corrected chi connectivity index (χ4v) is 4.15. The van der Waals surface area contributed by atoms with Crippen LogP contribution >= 0.6 is 11.6 Å². The van der Waals surface area contributed by atoms with Gasteiger partial charge in [0.2, 0.25) is 5.91 Å². The molecule has 5 nitrogen and oxygen atoms in total. The van der Waals surface area contributed by atoms with E-state index in [1.165, 1.54) is 0 Å². The summed E-state index contributed by atoms with van der Waals surface area (Å²) in [6, 6.07) is 24.2. The molecule has 3 aromatic carbocycles. The van der Waals surface area contributed by atoms with Gasteiger partial charge >= 0.3 is 0 Å². The maximum absolute atomic E-state index is 12.7. The zero-order valence-corrected chi connectivity index (χ0v) is 18.2. The van der Waals surface area contributed by atoms with E-state index in [2.05, 4.69) is 11.4 Å². The Morgan fingerprint density at radius 3 is 2.47 bits per heavy atom. The fourth-order valence-electron chi connectivity index (χ4n) is 3.86. The second kappa shape index (κ2) is 9.67. The topological polar surface area (TPSA) is 73.2 Å². The molecule has 0 radical (unpaired) electrons. The Morgan fingerprint density at radius 2 is 1.84 bits per heavy atom. The summed E-state index contributed by atoms with van der Waals surface area (Å²) >= 11 is 6.46. The highest BCUT2D eigenvalue weighted by Crippen LogP contribution is 2.32. The molecule has 1 atom stereocenters. The summed E-state index contributed by atoms with van der Waals surface area (Å²) in [4.78, 5) is 26.3. The van der Waals surface area contributed by atoms with Crippen LogP contribution in [0.5, 0.6) is 0 Å². The van der Waals surface area contributed by atoms with E-state index in [1.54, 1.807) is 30.3 Å². The summed E-state index contributed by atoms with van der Waals surface area (Å²) in [7, 11) is 0. The Kier molecular flexibility index (Phi) is 6.53.